The lowest BCUT2D eigenvalue weighted by molar-refractivity contribution is -0.139. The zero-order valence-electron chi connectivity index (χ0n) is 15.2. The van der Waals surface area contributed by atoms with Crippen LogP contribution in [0.1, 0.15) is 32.8 Å². The number of esters is 1. The van der Waals surface area contributed by atoms with Crippen LogP contribution >= 0.6 is 11.6 Å². The second-order valence-electron chi connectivity index (χ2n) is 7.55. The molecule has 0 saturated carbocycles. The molecule has 0 unspecified atom stereocenters. The van der Waals surface area contributed by atoms with Crippen LogP contribution < -0.4 is 9.64 Å². The molecule has 0 aromatic heterocycles. The predicted molar refractivity (Wildman–Crippen MR) is 103 cm³/mol. The highest BCUT2D eigenvalue weighted by atomic mass is 35.5. The highest BCUT2D eigenvalue weighted by Gasteiger charge is 2.37. The van der Waals surface area contributed by atoms with Gasteiger partial charge >= 0.3 is 5.97 Å². The van der Waals surface area contributed by atoms with Crippen molar-refractivity contribution >= 4 is 29.2 Å². The maximum atomic E-state index is 12.5. The van der Waals surface area contributed by atoms with Gasteiger partial charge in [0.05, 0.1) is 16.6 Å². The Labute approximate surface area is 158 Å². The average Bonchev–Trinajstić information content (AvgIpc) is 2.97. The summed E-state index contributed by atoms with van der Waals surface area (Å²) in [6.07, 6.45) is 0.129. The third-order valence-electron chi connectivity index (χ3n) is 4.54. The lowest BCUT2D eigenvalue weighted by atomic mass is 9.87. The minimum Gasteiger partial charge on any atom is -0.426 e. The van der Waals surface area contributed by atoms with Crippen molar-refractivity contribution in [2.45, 2.75) is 32.6 Å². The highest BCUT2D eigenvalue weighted by Crippen LogP contribution is 2.32. The van der Waals surface area contributed by atoms with Gasteiger partial charge in [0, 0.05) is 13.0 Å². The number of benzene rings is 2. The van der Waals surface area contributed by atoms with Crippen LogP contribution in [0.25, 0.3) is 0 Å². The Kier molecular flexibility index (Phi) is 5.05. The van der Waals surface area contributed by atoms with Gasteiger partial charge in [-0.25, -0.2) is 0 Å². The molecule has 1 saturated heterocycles. The second kappa shape index (κ2) is 7.12. The molecule has 0 aliphatic carbocycles. The summed E-state index contributed by atoms with van der Waals surface area (Å²) < 4.78 is 5.48. The highest BCUT2D eigenvalue weighted by molar-refractivity contribution is 6.33. The summed E-state index contributed by atoms with van der Waals surface area (Å²) in [6.45, 7) is 6.66. The van der Waals surface area contributed by atoms with E-state index in [4.69, 9.17) is 16.3 Å². The van der Waals surface area contributed by atoms with Crippen LogP contribution in [0.2, 0.25) is 5.02 Å². The van der Waals surface area contributed by atoms with Gasteiger partial charge in [-0.2, -0.15) is 0 Å². The van der Waals surface area contributed by atoms with E-state index in [-0.39, 0.29) is 24.3 Å². The third-order valence-corrected chi connectivity index (χ3v) is 4.86. The summed E-state index contributed by atoms with van der Waals surface area (Å²) in [5.41, 5.74) is 1.83. The molecule has 1 heterocycles. The summed E-state index contributed by atoms with van der Waals surface area (Å²) in [5.74, 6) is -0.521. The van der Waals surface area contributed by atoms with E-state index in [0.29, 0.717) is 16.5 Å². The van der Waals surface area contributed by atoms with Gasteiger partial charge in [-0.1, -0.05) is 56.6 Å². The number of carbonyl (C=O) groups excluding carboxylic acids is 2. The predicted octanol–water partition coefficient (Wildman–Crippen LogP) is 4.60. The van der Waals surface area contributed by atoms with Crippen molar-refractivity contribution in [1.29, 1.82) is 0 Å². The van der Waals surface area contributed by atoms with Gasteiger partial charge in [-0.05, 0) is 35.2 Å². The summed E-state index contributed by atoms with van der Waals surface area (Å²) in [6, 6.07) is 14.6. The lowest BCUT2D eigenvalue weighted by Crippen LogP contribution is -2.27. The first kappa shape index (κ1) is 18.5. The van der Waals surface area contributed by atoms with Crippen LogP contribution in [0.4, 0.5) is 5.69 Å². The monoisotopic (exact) mass is 371 g/mol. The van der Waals surface area contributed by atoms with E-state index < -0.39 is 11.9 Å². The molecular weight excluding hydrogens is 350 g/mol. The van der Waals surface area contributed by atoms with Gasteiger partial charge < -0.3 is 9.64 Å². The molecule has 3 rings (SSSR count). The van der Waals surface area contributed by atoms with Gasteiger partial charge in [0.2, 0.25) is 5.91 Å². The Balaban J connectivity index is 1.68. The van der Waals surface area contributed by atoms with E-state index >= 15 is 0 Å². The van der Waals surface area contributed by atoms with Crippen molar-refractivity contribution in [3.63, 3.8) is 0 Å². The second-order valence-corrected chi connectivity index (χ2v) is 7.96. The first-order chi connectivity index (χ1) is 12.3. The van der Waals surface area contributed by atoms with E-state index in [1.54, 1.807) is 35.2 Å². The van der Waals surface area contributed by atoms with E-state index in [0.717, 1.165) is 0 Å². The molecule has 0 N–H and O–H groups in total. The Morgan fingerprint density at radius 2 is 1.77 bits per heavy atom. The molecule has 2 aromatic rings. The fraction of sp³-hybridized carbons (Fsp3) is 0.333. The molecule has 1 atom stereocenters. The van der Waals surface area contributed by atoms with Crippen molar-refractivity contribution in [1.82, 2.24) is 0 Å². The first-order valence-corrected chi connectivity index (χ1v) is 9.00. The number of ether oxygens (including phenoxy) is 1. The largest absolute Gasteiger partial charge is 0.426 e. The number of halogens is 1. The maximum absolute atomic E-state index is 12.5. The molecule has 0 bridgehead atoms. The smallest absolute Gasteiger partial charge is 0.316 e. The first-order valence-electron chi connectivity index (χ1n) is 8.63. The van der Waals surface area contributed by atoms with Crippen LogP contribution in [-0.2, 0) is 15.0 Å². The third kappa shape index (κ3) is 3.91. The number of para-hydroxylation sites is 1. The molecule has 26 heavy (non-hydrogen) atoms. The Bertz CT molecular complexity index is 824. The minimum atomic E-state index is -0.499. The molecule has 5 heteroatoms. The van der Waals surface area contributed by atoms with Crippen molar-refractivity contribution in [3.05, 3.63) is 59.1 Å². The van der Waals surface area contributed by atoms with Crippen LogP contribution in [0.15, 0.2) is 48.5 Å². The Morgan fingerprint density at radius 3 is 2.38 bits per heavy atom. The molecular formula is C21H22ClNO3. The van der Waals surface area contributed by atoms with E-state index in [1.165, 1.54) is 5.56 Å². The number of rotatable bonds is 3. The number of hydrogen-bond acceptors (Lipinski definition) is 3. The molecule has 1 aliphatic rings. The summed E-state index contributed by atoms with van der Waals surface area (Å²) in [5, 5.41) is 0.493. The molecule has 1 amide bonds. The number of hydrogen-bond donors (Lipinski definition) is 0. The van der Waals surface area contributed by atoms with Crippen molar-refractivity contribution in [2.75, 3.05) is 11.4 Å². The number of anilines is 1. The van der Waals surface area contributed by atoms with E-state index in [2.05, 4.69) is 20.8 Å². The zero-order chi connectivity index (χ0) is 18.9. The SMILES string of the molecule is CC(C)(C)c1ccc(OC(=O)[C@@H]2CC(=O)N(c3ccccc3Cl)C2)cc1. The van der Waals surface area contributed by atoms with Gasteiger partial charge in [0.25, 0.3) is 0 Å². The van der Waals surface area contributed by atoms with Crippen molar-refractivity contribution < 1.29 is 14.3 Å². The summed E-state index contributed by atoms with van der Waals surface area (Å²) in [4.78, 5) is 26.3. The Morgan fingerprint density at radius 1 is 1.12 bits per heavy atom. The molecule has 1 aliphatic heterocycles. The van der Waals surface area contributed by atoms with Crippen molar-refractivity contribution in [2.24, 2.45) is 5.92 Å². The lowest BCUT2D eigenvalue weighted by Gasteiger charge is -2.19. The Hall–Kier alpha value is -2.33. The van der Waals surface area contributed by atoms with E-state index in [1.807, 2.05) is 18.2 Å². The molecule has 136 valence electrons. The number of amides is 1. The summed E-state index contributed by atoms with van der Waals surface area (Å²) in [7, 11) is 0. The van der Waals surface area contributed by atoms with Crippen LogP contribution in [-0.4, -0.2) is 18.4 Å². The molecule has 0 spiro atoms. The standard InChI is InChI=1S/C21H22ClNO3/c1-21(2,3)15-8-10-16(11-9-15)26-20(25)14-12-19(24)23(13-14)18-7-5-4-6-17(18)22/h4-11,14H,12-13H2,1-3H3/t14-/m1/s1. The van der Waals surface area contributed by atoms with Gasteiger partial charge in [0.1, 0.15) is 5.75 Å². The maximum Gasteiger partial charge on any atom is 0.316 e. The van der Waals surface area contributed by atoms with Gasteiger partial charge in [0.15, 0.2) is 0 Å². The molecule has 1 fully saturated rings. The number of nitrogens with zero attached hydrogens (tertiary/aromatic N) is 1. The average molecular weight is 372 g/mol. The quantitative estimate of drug-likeness (QED) is 0.585. The van der Waals surface area contributed by atoms with Gasteiger partial charge in [-0.3, -0.25) is 9.59 Å². The fourth-order valence-electron chi connectivity index (χ4n) is 2.99. The summed E-state index contributed by atoms with van der Waals surface area (Å²) >= 11 is 6.17. The molecule has 2 aromatic carbocycles. The van der Waals surface area contributed by atoms with E-state index in [9.17, 15) is 9.59 Å². The van der Waals surface area contributed by atoms with Crippen LogP contribution in [0.5, 0.6) is 5.75 Å². The van der Waals surface area contributed by atoms with Crippen molar-refractivity contribution in [3.8, 4) is 5.75 Å². The molecule has 4 nitrogen and oxygen atoms in total. The molecule has 0 radical (unpaired) electrons. The van der Waals surface area contributed by atoms with Crippen LogP contribution in [0.3, 0.4) is 0 Å². The van der Waals surface area contributed by atoms with Crippen LogP contribution in [0, 0.1) is 5.92 Å². The number of carbonyl (C=O) groups is 2. The topological polar surface area (TPSA) is 46.6 Å². The fourth-order valence-corrected chi connectivity index (χ4v) is 3.23. The normalized spacial score (nSPS) is 17.5. The zero-order valence-corrected chi connectivity index (χ0v) is 15.9. The minimum absolute atomic E-state index is 0.0376. The van der Waals surface area contributed by atoms with Gasteiger partial charge in [-0.15, -0.1) is 0 Å².